The number of hydrogen-bond acceptors (Lipinski definition) is 4. The molecule has 0 atom stereocenters. The van der Waals surface area contributed by atoms with E-state index in [0.29, 0.717) is 0 Å². The Morgan fingerprint density at radius 3 is 1.28 bits per heavy atom. The lowest BCUT2D eigenvalue weighted by atomic mass is 9.96. The van der Waals surface area contributed by atoms with Gasteiger partial charge >= 0.3 is 17.8 Å². The van der Waals surface area contributed by atoms with E-state index in [1.165, 1.54) is 13.8 Å². The first-order valence-corrected chi connectivity index (χ1v) is 9.33. The number of allylic oxidation sites excluding steroid dienone is 2. The van der Waals surface area contributed by atoms with Crippen LogP contribution in [0.1, 0.15) is 20.9 Å². The lowest BCUT2D eigenvalue weighted by Gasteiger charge is -2.25. The van der Waals surface area contributed by atoms with Crippen molar-refractivity contribution in [2.45, 2.75) is 40.0 Å². The molecule has 3 rings (SSSR count). The van der Waals surface area contributed by atoms with Gasteiger partial charge in [-0.05, 0) is 37.1 Å². The average molecular weight is 433 g/mol. The Kier molecular flexibility index (Phi) is 4.38. The van der Waals surface area contributed by atoms with Crippen LogP contribution < -0.4 is 0 Å². The largest absolute Gasteiger partial charge is 0.380 e. The maximum absolute atomic E-state index is 14.5. The fourth-order valence-electron chi connectivity index (χ4n) is 2.86. The van der Waals surface area contributed by atoms with Crippen molar-refractivity contribution in [2.24, 2.45) is 0 Å². The maximum Gasteiger partial charge on any atom is 0.380 e. The molecule has 0 unspecified atom stereocenters. The first-order chi connectivity index (χ1) is 11.3. The predicted molar refractivity (Wildman–Crippen MR) is 94.3 cm³/mol. The first kappa shape index (κ1) is 19.2. The zero-order valence-electron chi connectivity index (χ0n) is 12.6. The van der Waals surface area contributed by atoms with Gasteiger partial charge in [0.15, 0.2) is 0 Å². The molecule has 2 heterocycles. The highest BCUT2D eigenvalue weighted by Gasteiger charge is 2.80. The van der Waals surface area contributed by atoms with Crippen LogP contribution in [0.3, 0.4) is 0 Å². The molecular formula is C15H10F6S4. The van der Waals surface area contributed by atoms with E-state index in [1.54, 1.807) is 0 Å². The Bertz CT molecular complexity index is 820. The van der Waals surface area contributed by atoms with Crippen molar-refractivity contribution < 1.29 is 26.3 Å². The zero-order chi connectivity index (χ0) is 18.9. The van der Waals surface area contributed by atoms with Crippen molar-refractivity contribution in [3.05, 3.63) is 33.0 Å². The van der Waals surface area contributed by atoms with E-state index in [4.69, 9.17) is 0 Å². The number of halogens is 6. The van der Waals surface area contributed by atoms with E-state index < -0.39 is 28.9 Å². The number of rotatable bonds is 2. The molecule has 0 nitrogen and oxygen atoms in total. The SMILES string of the molecule is Cc1sc(S)cc1C1=C(c2cc(S)sc2C)C(F)(F)C(F)(F)C1(F)F. The van der Waals surface area contributed by atoms with Gasteiger partial charge in [0.05, 0.1) is 8.42 Å². The Labute approximate surface area is 158 Å². The molecule has 0 saturated heterocycles. The van der Waals surface area contributed by atoms with Gasteiger partial charge in [0.2, 0.25) is 0 Å². The van der Waals surface area contributed by atoms with Gasteiger partial charge in [-0.15, -0.1) is 47.9 Å². The Balaban J connectivity index is 2.46. The second kappa shape index (κ2) is 5.71. The van der Waals surface area contributed by atoms with Crippen LogP contribution in [0, 0.1) is 13.8 Å². The molecule has 1 aliphatic carbocycles. The standard InChI is InChI=1S/C15H10F6S4/c1-5-7(3-9(22)24-5)11-12(8-4-10(23)25-6(8)2)14(18,19)15(20,21)13(11,16)17/h3-4,22-23H,1-2H3. The van der Waals surface area contributed by atoms with Gasteiger partial charge in [-0.25, -0.2) is 0 Å². The molecule has 0 spiro atoms. The van der Waals surface area contributed by atoms with E-state index in [1.807, 2.05) is 0 Å². The molecule has 2 aromatic rings. The Morgan fingerprint density at radius 2 is 1.04 bits per heavy atom. The molecule has 1 aliphatic rings. The van der Waals surface area contributed by atoms with Gasteiger partial charge < -0.3 is 0 Å². The minimum atomic E-state index is -5.54. The highest BCUT2D eigenvalue weighted by Crippen LogP contribution is 2.65. The fourth-order valence-corrected chi connectivity index (χ4v) is 5.46. The molecule has 0 bridgehead atoms. The molecule has 0 amide bonds. The second-order valence-corrected chi connectivity index (χ2v) is 9.66. The Hall–Kier alpha value is -0.580. The lowest BCUT2D eigenvalue weighted by molar-refractivity contribution is -0.254. The van der Waals surface area contributed by atoms with Crippen molar-refractivity contribution in [1.29, 1.82) is 0 Å². The van der Waals surface area contributed by atoms with Crippen molar-refractivity contribution >= 4 is 59.1 Å². The number of thiol groups is 2. The first-order valence-electron chi connectivity index (χ1n) is 6.80. The number of hydrogen-bond donors (Lipinski definition) is 2. The van der Waals surface area contributed by atoms with E-state index in [-0.39, 0.29) is 29.3 Å². The van der Waals surface area contributed by atoms with Crippen LogP contribution in [-0.2, 0) is 0 Å². The quantitative estimate of drug-likeness (QED) is 0.377. The molecule has 0 radical (unpaired) electrons. The van der Waals surface area contributed by atoms with Crippen LogP contribution in [0.2, 0.25) is 0 Å². The van der Waals surface area contributed by atoms with Crippen LogP contribution in [0.4, 0.5) is 26.3 Å². The zero-order valence-corrected chi connectivity index (χ0v) is 16.1. The van der Waals surface area contributed by atoms with E-state index in [0.717, 1.165) is 34.8 Å². The van der Waals surface area contributed by atoms with Gasteiger partial charge in [-0.2, -0.15) is 26.3 Å². The molecule has 136 valence electrons. The van der Waals surface area contributed by atoms with Crippen molar-refractivity contribution in [1.82, 2.24) is 0 Å². The highest BCUT2D eigenvalue weighted by molar-refractivity contribution is 7.83. The molecule has 25 heavy (non-hydrogen) atoms. The smallest absolute Gasteiger partial charge is 0.194 e. The third-order valence-electron chi connectivity index (χ3n) is 4.01. The van der Waals surface area contributed by atoms with Gasteiger partial charge in [0.25, 0.3) is 0 Å². The van der Waals surface area contributed by atoms with Crippen LogP contribution in [0.25, 0.3) is 11.1 Å². The third kappa shape index (κ3) is 2.51. The topological polar surface area (TPSA) is 0 Å². The van der Waals surface area contributed by atoms with Gasteiger partial charge in [-0.3, -0.25) is 0 Å². The molecular weight excluding hydrogens is 422 g/mol. The molecule has 0 N–H and O–H groups in total. The minimum Gasteiger partial charge on any atom is -0.194 e. The monoisotopic (exact) mass is 432 g/mol. The summed E-state index contributed by atoms with van der Waals surface area (Å²) in [5.74, 6) is -15.6. The van der Waals surface area contributed by atoms with Crippen LogP contribution in [-0.4, -0.2) is 17.8 Å². The van der Waals surface area contributed by atoms with E-state index in [9.17, 15) is 26.3 Å². The van der Waals surface area contributed by atoms with E-state index >= 15 is 0 Å². The van der Waals surface area contributed by atoms with Crippen molar-refractivity contribution in [3.63, 3.8) is 0 Å². The summed E-state index contributed by atoms with van der Waals surface area (Å²) in [5, 5.41) is 0. The number of thiophene rings is 2. The summed E-state index contributed by atoms with van der Waals surface area (Å²) in [6.45, 7) is 2.80. The minimum absolute atomic E-state index is 0.213. The van der Waals surface area contributed by atoms with Crippen molar-refractivity contribution in [2.75, 3.05) is 0 Å². The maximum atomic E-state index is 14.5. The molecule has 10 heteroatoms. The van der Waals surface area contributed by atoms with E-state index in [2.05, 4.69) is 25.3 Å². The van der Waals surface area contributed by atoms with Crippen LogP contribution >= 0.6 is 47.9 Å². The summed E-state index contributed by atoms with van der Waals surface area (Å²) >= 11 is 9.95. The summed E-state index contributed by atoms with van der Waals surface area (Å²) in [7, 11) is 0. The average Bonchev–Trinajstić information content (AvgIpc) is 2.98. The fraction of sp³-hybridized carbons (Fsp3) is 0.333. The summed E-state index contributed by atoms with van der Waals surface area (Å²) < 4.78 is 86.7. The summed E-state index contributed by atoms with van der Waals surface area (Å²) in [5.41, 5.74) is -3.35. The molecule has 0 aliphatic heterocycles. The second-order valence-electron chi connectivity index (χ2n) is 5.58. The highest BCUT2D eigenvalue weighted by atomic mass is 32.2. The van der Waals surface area contributed by atoms with Gasteiger partial charge in [-0.1, -0.05) is 0 Å². The molecule has 0 aromatic carbocycles. The van der Waals surface area contributed by atoms with Crippen LogP contribution in [0.5, 0.6) is 0 Å². The summed E-state index contributed by atoms with van der Waals surface area (Å²) in [4.78, 5) is 0.425. The third-order valence-corrected chi connectivity index (χ3v) is 6.53. The predicted octanol–water partition coefficient (Wildman–Crippen LogP) is 6.83. The molecule has 2 aromatic heterocycles. The van der Waals surface area contributed by atoms with Gasteiger partial charge in [0, 0.05) is 20.9 Å². The normalized spacial score (nSPS) is 21.2. The Morgan fingerprint density at radius 1 is 0.720 bits per heavy atom. The van der Waals surface area contributed by atoms with Gasteiger partial charge in [0.1, 0.15) is 0 Å². The molecule has 0 fully saturated rings. The summed E-state index contributed by atoms with van der Waals surface area (Å²) in [6.07, 6.45) is 0. The van der Waals surface area contributed by atoms with Crippen molar-refractivity contribution in [3.8, 4) is 0 Å². The van der Waals surface area contributed by atoms with Crippen LogP contribution in [0.15, 0.2) is 20.6 Å². The lowest BCUT2D eigenvalue weighted by Crippen LogP contribution is -2.48. The number of alkyl halides is 6. The number of aryl methyl sites for hydroxylation is 2. The summed E-state index contributed by atoms with van der Waals surface area (Å²) in [6, 6.07) is 2.24. The molecule has 0 saturated carbocycles.